The van der Waals surface area contributed by atoms with Gasteiger partial charge in [-0.05, 0) is 30.3 Å². The lowest BCUT2D eigenvalue weighted by molar-refractivity contribution is 0.262. The monoisotopic (exact) mass is 328 g/mol. The minimum Gasteiger partial charge on any atom is -0.392 e. The minimum absolute atomic E-state index is 0.183. The van der Waals surface area contributed by atoms with Crippen molar-refractivity contribution in [1.82, 2.24) is 0 Å². The number of amides is 2. The van der Waals surface area contributed by atoms with E-state index in [0.717, 1.165) is 6.07 Å². The van der Waals surface area contributed by atoms with Gasteiger partial charge in [0.15, 0.2) is 0 Å². The van der Waals surface area contributed by atoms with E-state index in [2.05, 4.69) is 10.6 Å². The number of benzene rings is 2. The second-order valence-electron chi connectivity index (χ2n) is 4.20. The zero-order valence-corrected chi connectivity index (χ0v) is 12.2. The van der Waals surface area contributed by atoms with Crippen LogP contribution in [0.3, 0.4) is 0 Å². The average Bonchev–Trinajstić information content (AvgIpc) is 2.37. The van der Waals surface area contributed by atoms with Crippen molar-refractivity contribution in [3.05, 3.63) is 57.8 Å². The lowest BCUT2D eigenvalue weighted by Crippen LogP contribution is -2.20. The predicted molar refractivity (Wildman–Crippen MR) is 81.4 cm³/mol. The van der Waals surface area contributed by atoms with Crippen LogP contribution in [0.1, 0.15) is 5.56 Å². The van der Waals surface area contributed by atoms with Gasteiger partial charge in [-0.15, -0.1) is 0 Å². The maximum Gasteiger partial charge on any atom is 0.323 e. The molecule has 21 heavy (non-hydrogen) atoms. The normalized spacial score (nSPS) is 10.3. The molecule has 2 rings (SSSR count). The summed E-state index contributed by atoms with van der Waals surface area (Å²) in [4.78, 5) is 11.9. The zero-order chi connectivity index (χ0) is 15.4. The fourth-order valence-corrected chi connectivity index (χ4v) is 2.24. The number of carbonyl (C=O) groups is 1. The van der Waals surface area contributed by atoms with Gasteiger partial charge in [-0.25, -0.2) is 9.18 Å². The molecule has 0 spiro atoms. The van der Waals surface area contributed by atoms with Crippen LogP contribution in [0.15, 0.2) is 36.4 Å². The number of rotatable bonds is 3. The molecule has 0 saturated heterocycles. The maximum absolute atomic E-state index is 13.2. The van der Waals surface area contributed by atoms with Gasteiger partial charge >= 0.3 is 6.03 Å². The van der Waals surface area contributed by atoms with Crippen LogP contribution in [0.25, 0.3) is 0 Å². The second kappa shape index (κ2) is 6.76. The van der Waals surface area contributed by atoms with E-state index in [1.165, 1.54) is 30.3 Å². The Morgan fingerprint density at radius 2 is 1.76 bits per heavy atom. The van der Waals surface area contributed by atoms with E-state index in [9.17, 15) is 9.18 Å². The van der Waals surface area contributed by atoms with Gasteiger partial charge in [0.2, 0.25) is 0 Å². The maximum atomic E-state index is 13.2. The number of aliphatic hydroxyl groups is 1. The Hall–Kier alpha value is -1.82. The van der Waals surface area contributed by atoms with Crippen molar-refractivity contribution in [3.63, 3.8) is 0 Å². The third-order valence-corrected chi connectivity index (χ3v) is 3.05. The Morgan fingerprint density at radius 3 is 2.38 bits per heavy atom. The molecule has 3 N–H and O–H groups in total. The van der Waals surface area contributed by atoms with Crippen LogP contribution in [0.4, 0.5) is 20.6 Å². The summed E-state index contributed by atoms with van der Waals surface area (Å²) in [6.45, 7) is -0.321. The van der Waals surface area contributed by atoms with E-state index >= 15 is 0 Å². The first-order valence-corrected chi connectivity index (χ1v) is 6.67. The quantitative estimate of drug-likeness (QED) is 0.787. The molecule has 0 saturated carbocycles. The molecule has 0 heterocycles. The number of nitrogens with one attached hydrogen (secondary N) is 2. The van der Waals surface area contributed by atoms with Gasteiger partial charge in [-0.3, -0.25) is 0 Å². The lowest BCUT2D eigenvalue weighted by Gasteiger charge is -2.11. The van der Waals surface area contributed by atoms with Gasteiger partial charge < -0.3 is 15.7 Å². The van der Waals surface area contributed by atoms with E-state index < -0.39 is 11.8 Å². The number of hydrogen-bond donors (Lipinski definition) is 3. The van der Waals surface area contributed by atoms with E-state index in [4.69, 9.17) is 28.3 Å². The number of aliphatic hydroxyl groups excluding tert-OH is 1. The van der Waals surface area contributed by atoms with Crippen LogP contribution in [-0.4, -0.2) is 11.1 Å². The van der Waals surface area contributed by atoms with Gasteiger partial charge in [0.25, 0.3) is 0 Å². The van der Waals surface area contributed by atoms with E-state index in [1.54, 1.807) is 0 Å². The number of halogens is 3. The van der Waals surface area contributed by atoms with Crippen molar-refractivity contribution >= 4 is 40.6 Å². The molecule has 0 aliphatic rings. The molecule has 0 aliphatic heterocycles. The number of hydrogen-bond acceptors (Lipinski definition) is 2. The molecule has 7 heteroatoms. The third-order valence-electron chi connectivity index (χ3n) is 2.61. The molecule has 0 radical (unpaired) electrons. The summed E-state index contributed by atoms with van der Waals surface area (Å²) in [5.74, 6) is -0.520. The van der Waals surface area contributed by atoms with Gasteiger partial charge in [-0.2, -0.15) is 0 Å². The first kappa shape index (κ1) is 15.6. The van der Waals surface area contributed by atoms with Gasteiger partial charge in [0.05, 0.1) is 12.3 Å². The number of urea groups is 1. The highest BCUT2D eigenvalue weighted by Gasteiger charge is 2.09. The van der Waals surface area contributed by atoms with Crippen LogP contribution >= 0.6 is 23.2 Å². The largest absolute Gasteiger partial charge is 0.392 e. The molecular formula is C14H11Cl2FN2O2. The lowest BCUT2D eigenvalue weighted by atomic mass is 10.2. The van der Waals surface area contributed by atoms with Crippen LogP contribution in [0, 0.1) is 5.82 Å². The van der Waals surface area contributed by atoms with Crippen molar-refractivity contribution in [3.8, 4) is 0 Å². The van der Waals surface area contributed by atoms with Gasteiger partial charge in [-0.1, -0.05) is 29.3 Å². The van der Waals surface area contributed by atoms with E-state index in [-0.39, 0.29) is 12.3 Å². The molecule has 0 fully saturated rings. The van der Waals surface area contributed by atoms with Crippen LogP contribution < -0.4 is 10.6 Å². The Bertz CT molecular complexity index is 660. The first-order chi connectivity index (χ1) is 9.97. The number of anilines is 2. The molecule has 0 aromatic heterocycles. The summed E-state index contributed by atoms with van der Waals surface area (Å²) in [6.07, 6.45) is 0. The highest BCUT2D eigenvalue weighted by Crippen LogP contribution is 2.23. The molecule has 4 nitrogen and oxygen atoms in total. The second-order valence-corrected chi connectivity index (χ2v) is 5.07. The summed E-state index contributed by atoms with van der Waals surface area (Å²) in [5.41, 5.74) is 0.978. The molecule has 0 bridgehead atoms. The predicted octanol–water partition coefficient (Wildman–Crippen LogP) is 4.27. The van der Waals surface area contributed by atoms with E-state index in [0.29, 0.717) is 21.3 Å². The minimum atomic E-state index is -0.603. The first-order valence-electron chi connectivity index (χ1n) is 5.91. The summed E-state index contributed by atoms with van der Waals surface area (Å²) in [5, 5.41) is 14.9. The van der Waals surface area contributed by atoms with Crippen molar-refractivity contribution in [2.45, 2.75) is 6.61 Å². The Balaban J connectivity index is 2.13. The van der Waals surface area contributed by atoms with Crippen LogP contribution in [0.5, 0.6) is 0 Å². The zero-order valence-electron chi connectivity index (χ0n) is 10.7. The Kier molecular flexibility index (Phi) is 5.01. The highest BCUT2D eigenvalue weighted by atomic mass is 35.5. The van der Waals surface area contributed by atoms with Crippen molar-refractivity contribution < 1.29 is 14.3 Å². The SMILES string of the molecule is O=C(Nc1cc(Cl)cc(Cl)c1)Nc1cc(F)ccc1CO. The fourth-order valence-electron chi connectivity index (χ4n) is 1.71. The van der Waals surface area contributed by atoms with E-state index in [1.807, 2.05) is 0 Å². The molecule has 0 aliphatic carbocycles. The van der Waals surface area contributed by atoms with Crippen molar-refractivity contribution in [2.75, 3.05) is 10.6 Å². The molecule has 110 valence electrons. The van der Waals surface area contributed by atoms with Crippen LogP contribution in [0.2, 0.25) is 10.0 Å². The summed E-state index contributed by atoms with van der Waals surface area (Å²) >= 11 is 11.6. The van der Waals surface area contributed by atoms with Crippen molar-refractivity contribution in [1.29, 1.82) is 0 Å². The summed E-state index contributed by atoms with van der Waals surface area (Å²) in [7, 11) is 0. The molecule has 2 aromatic carbocycles. The third kappa shape index (κ3) is 4.32. The highest BCUT2D eigenvalue weighted by molar-refractivity contribution is 6.35. The topological polar surface area (TPSA) is 61.4 Å². The fraction of sp³-hybridized carbons (Fsp3) is 0.0714. The summed E-state index contributed by atoms with van der Waals surface area (Å²) < 4.78 is 13.2. The van der Waals surface area contributed by atoms with Crippen molar-refractivity contribution in [2.24, 2.45) is 0 Å². The van der Waals surface area contributed by atoms with Crippen LogP contribution in [-0.2, 0) is 6.61 Å². The van der Waals surface area contributed by atoms with Gasteiger partial charge in [0.1, 0.15) is 5.82 Å². The van der Waals surface area contributed by atoms with Gasteiger partial charge in [0, 0.05) is 21.3 Å². The smallest absolute Gasteiger partial charge is 0.323 e. The Labute approximate surface area is 130 Å². The molecule has 2 amide bonds. The molecular weight excluding hydrogens is 318 g/mol. The molecule has 0 unspecified atom stereocenters. The standard InChI is InChI=1S/C14H11Cl2FN2O2/c15-9-3-10(16)5-12(4-9)18-14(21)19-13-6-11(17)2-1-8(13)7-20/h1-6,20H,7H2,(H2,18,19,21). The molecule has 0 atom stereocenters. The number of carbonyl (C=O) groups excluding carboxylic acids is 1. The summed E-state index contributed by atoms with van der Waals surface area (Å²) in [6, 6.07) is 7.68. The average molecular weight is 329 g/mol. The Morgan fingerprint density at radius 1 is 1.10 bits per heavy atom. The molecule has 2 aromatic rings.